The smallest absolute Gasteiger partial charge is 0.197 e. The van der Waals surface area contributed by atoms with Gasteiger partial charge in [0.1, 0.15) is 11.5 Å². The molecule has 0 fully saturated rings. The molecule has 4 N–H and O–H groups in total. The predicted octanol–water partition coefficient (Wildman–Crippen LogP) is 7.86. The highest BCUT2D eigenvalue weighted by atomic mass is 32.1. The summed E-state index contributed by atoms with van der Waals surface area (Å²) in [5, 5.41) is 1.78. The van der Waals surface area contributed by atoms with Crippen molar-refractivity contribution in [3.05, 3.63) is 96.1 Å². The van der Waals surface area contributed by atoms with Crippen LogP contribution in [0.1, 0.15) is 15.9 Å². The van der Waals surface area contributed by atoms with Crippen molar-refractivity contribution in [3.8, 4) is 32.4 Å². The fourth-order valence-electron chi connectivity index (χ4n) is 4.66. The summed E-state index contributed by atoms with van der Waals surface area (Å²) in [5.74, 6) is 1.46. The van der Waals surface area contributed by atoms with Crippen LogP contribution in [0, 0.1) is 0 Å². The lowest BCUT2D eigenvalue weighted by molar-refractivity contribution is 0.104. The molecule has 7 heteroatoms. The van der Waals surface area contributed by atoms with E-state index < -0.39 is 0 Å². The first-order valence-corrected chi connectivity index (χ1v) is 13.6. The highest BCUT2D eigenvalue weighted by Crippen LogP contribution is 2.46. The molecule has 38 heavy (non-hydrogen) atoms. The van der Waals surface area contributed by atoms with Gasteiger partial charge < -0.3 is 20.9 Å². The molecule has 0 aliphatic heterocycles. The molecule has 0 amide bonds. The van der Waals surface area contributed by atoms with E-state index in [2.05, 4.69) is 0 Å². The largest absolute Gasteiger partial charge is 0.497 e. The number of nitrogen functional groups attached to an aromatic ring is 2. The van der Waals surface area contributed by atoms with E-state index in [0.717, 1.165) is 52.6 Å². The minimum Gasteiger partial charge on any atom is -0.497 e. The SMILES string of the molecule is COc1ccc2c(C(=O)c3c(-c4ccc(N)cc4)sc4cc(OC)ccc34)c(-c3ccc(N)cc3)sc2c1. The van der Waals surface area contributed by atoms with Crippen molar-refractivity contribution >= 4 is 60.0 Å². The number of hydrogen-bond acceptors (Lipinski definition) is 7. The summed E-state index contributed by atoms with van der Waals surface area (Å²) < 4.78 is 12.9. The van der Waals surface area contributed by atoms with Crippen LogP contribution >= 0.6 is 22.7 Å². The molecule has 0 spiro atoms. The lowest BCUT2D eigenvalue weighted by Gasteiger charge is -2.09. The van der Waals surface area contributed by atoms with Crippen molar-refractivity contribution in [2.75, 3.05) is 25.7 Å². The van der Waals surface area contributed by atoms with Crippen LogP contribution in [0.25, 0.3) is 41.1 Å². The van der Waals surface area contributed by atoms with Crippen LogP contribution in [0.2, 0.25) is 0 Å². The van der Waals surface area contributed by atoms with E-state index in [1.165, 1.54) is 0 Å². The van der Waals surface area contributed by atoms with E-state index in [9.17, 15) is 4.79 Å². The van der Waals surface area contributed by atoms with E-state index >= 15 is 0 Å². The van der Waals surface area contributed by atoms with Gasteiger partial charge in [0.25, 0.3) is 0 Å². The number of fused-ring (bicyclic) bond motifs is 2. The second-order valence-electron chi connectivity index (χ2n) is 8.91. The number of carbonyl (C=O) groups excluding carboxylic acids is 1. The zero-order valence-corrected chi connectivity index (χ0v) is 22.4. The Bertz CT molecular complexity index is 1680. The van der Waals surface area contributed by atoms with E-state index in [0.29, 0.717) is 22.5 Å². The van der Waals surface area contributed by atoms with Crippen LogP contribution in [-0.2, 0) is 0 Å². The lowest BCUT2D eigenvalue weighted by atomic mass is 9.94. The maximum absolute atomic E-state index is 14.7. The minimum atomic E-state index is -0.0310. The van der Waals surface area contributed by atoms with Crippen LogP contribution in [0.5, 0.6) is 11.5 Å². The molecule has 6 aromatic rings. The Kier molecular flexibility index (Phi) is 6.02. The van der Waals surface area contributed by atoms with Gasteiger partial charge in [0.2, 0.25) is 0 Å². The van der Waals surface area contributed by atoms with Gasteiger partial charge in [-0.1, -0.05) is 24.3 Å². The van der Waals surface area contributed by atoms with Gasteiger partial charge in [0, 0.05) is 52.4 Å². The average Bonchev–Trinajstić information content (AvgIpc) is 3.51. The molecule has 0 saturated carbocycles. The highest BCUT2D eigenvalue weighted by molar-refractivity contribution is 7.23. The fourth-order valence-corrected chi connectivity index (χ4v) is 7.13. The second-order valence-corrected chi connectivity index (χ2v) is 11.0. The standard InChI is InChI=1S/C31H24N2O3S2/c1-35-21-11-13-23-25(15-21)37-30(17-3-7-19(32)8-4-17)27(23)29(34)28-24-14-12-22(36-2)16-26(24)38-31(28)18-5-9-20(33)10-6-18/h3-16H,32-33H2,1-2H3. The second kappa shape index (κ2) is 9.52. The predicted molar refractivity (Wildman–Crippen MR) is 160 cm³/mol. The zero-order chi connectivity index (χ0) is 26.4. The van der Waals surface area contributed by atoms with Crippen molar-refractivity contribution in [2.24, 2.45) is 0 Å². The Labute approximate surface area is 227 Å². The summed E-state index contributed by atoms with van der Waals surface area (Å²) in [6.45, 7) is 0. The van der Waals surface area contributed by atoms with E-state index in [1.807, 2.05) is 84.9 Å². The van der Waals surface area contributed by atoms with Gasteiger partial charge in [-0.2, -0.15) is 0 Å². The summed E-state index contributed by atoms with van der Waals surface area (Å²) in [7, 11) is 3.29. The molecule has 4 aromatic carbocycles. The third kappa shape index (κ3) is 4.06. The molecule has 0 aliphatic carbocycles. The first-order chi connectivity index (χ1) is 18.5. The number of ketones is 1. The normalized spacial score (nSPS) is 11.2. The summed E-state index contributed by atoms with van der Waals surface area (Å²) in [6.07, 6.45) is 0. The minimum absolute atomic E-state index is 0.0310. The number of anilines is 2. The molecule has 0 saturated heterocycles. The van der Waals surface area contributed by atoms with Crippen LogP contribution in [0.15, 0.2) is 84.9 Å². The average molecular weight is 537 g/mol. The Morgan fingerprint density at radius 1 is 0.605 bits per heavy atom. The summed E-state index contributed by atoms with van der Waals surface area (Å²) in [5.41, 5.74) is 16.5. The van der Waals surface area contributed by atoms with Gasteiger partial charge >= 0.3 is 0 Å². The van der Waals surface area contributed by atoms with Crippen molar-refractivity contribution in [1.82, 2.24) is 0 Å². The Balaban J connectivity index is 1.64. The third-order valence-corrected chi connectivity index (χ3v) is 9.00. The summed E-state index contributed by atoms with van der Waals surface area (Å²) in [6, 6.07) is 27.0. The van der Waals surface area contributed by atoms with Crippen LogP contribution in [0.3, 0.4) is 0 Å². The lowest BCUT2D eigenvalue weighted by Crippen LogP contribution is -2.03. The number of hydrogen-bond donors (Lipinski definition) is 2. The van der Waals surface area contributed by atoms with E-state index in [4.69, 9.17) is 20.9 Å². The third-order valence-electron chi connectivity index (χ3n) is 6.59. The van der Waals surface area contributed by atoms with Crippen molar-refractivity contribution < 1.29 is 14.3 Å². The molecule has 2 heterocycles. The number of rotatable bonds is 6. The number of methoxy groups -OCH3 is 2. The Morgan fingerprint density at radius 3 is 1.37 bits per heavy atom. The van der Waals surface area contributed by atoms with Crippen LogP contribution in [0.4, 0.5) is 11.4 Å². The first-order valence-electron chi connectivity index (χ1n) is 11.9. The monoisotopic (exact) mass is 536 g/mol. The molecule has 188 valence electrons. The van der Waals surface area contributed by atoms with E-state index in [1.54, 1.807) is 36.9 Å². The quantitative estimate of drug-likeness (QED) is 0.167. The molecule has 0 radical (unpaired) electrons. The van der Waals surface area contributed by atoms with Crippen molar-refractivity contribution in [2.45, 2.75) is 0 Å². The number of carbonyl (C=O) groups is 1. The fraction of sp³-hybridized carbons (Fsp3) is 0.0645. The summed E-state index contributed by atoms with van der Waals surface area (Å²) in [4.78, 5) is 16.5. The Morgan fingerprint density at radius 2 is 1.00 bits per heavy atom. The van der Waals surface area contributed by atoms with Crippen molar-refractivity contribution in [1.29, 1.82) is 0 Å². The topological polar surface area (TPSA) is 87.6 Å². The van der Waals surface area contributed by atoms with Gasteiger partial charge in [-0.15, -0.1) is 22.7 Å². The van der Waals surface area contributed by atoms with Crippen molar-refractivity contribution in [3.63, 3.8) is 0 Å². The molecule has 0 atom stereocenters. The Hall–Kier alpha value is -4.33. The maximum atomic E-state index is 14.7. The van der Waals surface area contributed by atoms with Crippen LogP contribution < -0.4 is 20.9 Å². The molecule has 6 rings (SSSR count). The van der Waals surface area contributed by atoms with E-state index in [-0.39, 0.29) is 5.78 Å². The first kappa shape index (κ1) is 24.0. The van der Waals surface area contributed by atoms with Gasteiger partial charge in [0.15, 0.2) is 5.78 Å². The molecular formula is C31H24N2O3S2. The molecule has 0 bridgehead atoms. The summed E-state index contributed by atoms with van der Waals surface area (Å²) >= 11 is 3.16. The number of benzene rings is 4. The number of nitrogens with two attached hydrogens (primary N) is 2. The maximum Gasteiger partial charge on any atom is 0.197 e. The molecular weight excluding hydrogens is 512 g/mol. The number of ether oxygens (including phenoxy) is 2. The molecule has 2 aromatic heterocycles. The highest BCUT2D eigenvalue weighted by Gasteiger charge is 2.27. The van der Waals surface area contributed by atoms with Gasteiger partial charge in [-0.3, -0.25) is 4.79 Å². The zero-order valence-electron chi connectivity index (χ0n) is 20.8. The number of thiophene rings is 2. The molecule has 5 nitrogen and oxygen atoms in total. The van der Waals surface area contributed by atoms with Gasteiger partial charge in [-0.05, 0) is 71.8 Å². The van der Waals surface area contributed by atoms with Gasteiger partial charge in [-0.25, -0.2) is 0 Å². The van der Waals surface area contributed by atoms with Crippen LogP contribution in [-0.4, -0.2) is 20.0 Å². The molecule has 0 unspecified atom stereocenters. The molecule has 0 aliphatic rings. The van der Waals surface area contributed by atoms with Gasteiger partial charge in [0.05, 0.1) is 14.2 Å².